The van der Waals surface area contributed by atoms with E-state index in [-0.39, 0.29) is 11.9 Å². The highest BCUT2D eigenvalue weighted by atomic mass is 16.4. The fourth-order valence-corrected chi connectivity index (χ4v) is 4.62. The van der Waals surface area contributed by atoms with E-state index in [9.17, 15) is 14.7 Å². The third kappa shape index (κ3) is 3.11. The Morgan fingerprint density at radius 1 is 1.19 bits per heavy atom. The van der Waals surface area contributed by atoms with E-state index in [4.69, 9.17) is 0 Å². The molecular formula is C20H24N4O3. The molecule has 2 aromatic heterocycles. The van der Waals surface area contributed by atoms with Crippen LogP contribution in [-0.2, 0) is 4.79 Å². The van der Waals surface area contributed by atoms with Crippen molar-refractivity contribution >= 4 is 11.9 Å². The van der Waals surface area contributed by atoms with E-state index in [1.165, 1.54) is 6.20 Å². The number of aliphatic carboxylic acids is 1. The van der Waals surface area contributed by atoms with E-state index in [2.05, 4.69) is 10.1 Å². The normalized spacial score (nSPS) is 24.7. The molecule has 4 rings (SSSR count). The first-order valence-corrected chi connectivity index (χ1v) is 9.51. The molecule has 7 nitrogen and oxygen atoms in total. The Balaban J connectivity index is 1.61. The van der Waals surface area contributed by atoms with E-state index >= 15 is 0 Å². The van der Waals surface area contributed by atoms with Crippen molar-refractivity contribution in [2.24, 2.45) is 5.92 Å². The number of amides is 1. The van der Waals surface area contributed by atoms with Crippen LogP contribution in [0.5, 0.6) is 0 Å². The number of carboxylic acid groups (broad SMARTS) is 1. The summed E-state index contributed by atoms with van der Waals surface area (Å²) in [6.45, 7) is 3.87. The number of carbonyl (C=O) groups excluding carboxylic acids is 1. The monoisotopic (exact) mass is 368 g/mol. The van der Waals surface area contributed by atoms with Crippen LogP contribution in [0.2, 0.25) is 0 Å². The predicted octanol–water partition coefficient (Wildman–Crippen LogP) is 2.74. The lowest BCUT2D eigenvalue weighted by Gasteiger charge is -2.33. The Bertz CT molecular complexity index is 874. The summed E-state index contributed by atoms with van der Waals surface area (Å²) in [5.41, 5.74) is 2.30. The van der Waals surface area contributed by atoms with Crippen molar-refractivity contribution < 1.29 is 14.7 Å². The van der Waals surface area contributed by atoms with Crippen LogP contribution >= 0.6 is 0 Å². The molecular weight excluding hydrogens is 344 g/mol. The van der Waals surface area contributed by atoms with Gasteiger partial charge in [-0.15, -0.1) is 0 Å². The van der Waals surface area contributed by atoms with Gasteiger partial charge in [0.15, 0.2) is 5.82 Å². The van der Waals surface area contributed by atoms with Crippen LogP contribution in [0.15, 0.2) is 24.4 Å². The molecule has 0 unspecified atom stereocenters. The van der Waals surface area contributed by atoms with E-state index in [0.717, 1.165) is 37.1 Å². The van der Waals surface area contributed by atoms with Crippen molar-refractivity contribution in [3.8, 4) is 5.82 Å². The zero-order valence-corrected chi connectivity index (χ0v) is 15.6. The molecule has 1 aliphatic carbocycles. The van der Waals surface area contributed by atoms with Gasteiger partial charge in [-0.05, 0) is 57.2 Å². The van der Waals surface area contributed by atoms with Crippen molar-refractivity contribution in [3.05, 3.63) is 41.3 Å². The van der Waals surface area contributed by atoms with Crippen molar-refractivity contribution in [1.29, 1.82) is 0 Å². The topological polar surface area (TPSA) is 88.3 Å². The molecule has 0 bridgehead atoms. The molecule has 0 aromatic carbocycles. The van der Waals surface area contributed by atoms with Crippen molar-refractivity contribution in [1.82, 2.24) is 19.7 Å². The molecule has 2 aliphatic rings. The van der Waals surface area contributed by atoms with Crippen molar-refractivity contribution in [2.45, 2.75) is 58.0 Å². The van der Waals surface area contributed by atoms with Crippen molar-refractivity contribution in [2.75, 3.05) is 0 Å². The maximum absolute atomic E-state index is 13.1. The number of nitrogens with zero attached hydrogens (tertiary/aromatic N) is 4. The van der Waals surface area contributed by atoms with Crippen molar-refractivity contribution in [3.63, 3.8) is 0 Å². The Morgan fingerprint density at radius 2 is 1.96 bits per heavy atom. The summed E-state index contributed by atoms with van der Waals surface area (Å²) < 4.78 is 1.73. The number of pyridine rings is 1. The number of aromatic nitrogens is 3. The molecule has 1 saturated heterocycles. The number of likely N-dealkylation sites (tertiary alicyclic amines) is 1. The Kier molecular flexibility index (Phi) is 4.45. The summed E-state index contributed by atoms with van der Waals surface area (Å²) in [6, 6.07) is 4.74. The lowest BCUT2D eigenvalue weighted by Crippen LogP contribution is -2.46. The number of hydrogen-bond donors (Lipinski definition) is 1. The summed E-state index contributed by atoms with van der Waals surface area (Å²) in [7, 11) is 0. The molecule has 142 valence electrons. The van der Waals surface area contributed by atoms with Gasteiger partial charge in [-0.1, -0.05) is 12.8 Å². The molecule has 1 amide bonds. The van der Waals surface area contributed by atoms with E-state index in [1.807, 2.05) is 19.9 Å². The standard InChI is InChI=1S/C20H24N4O3/c1-12-9-13(2)24(22-12)18-8-7-15(11-21-18)19(25)23-16-6-4-3-5-14(16)10-17(23)20(26)27/h7-9,11,14,16-17H,3-6,10H2,1-2H3,(H,26,27)/t14-,16+,17+/m1/s1. The zero-order chi connectivity index (χ0) is 19.1. The Morgan fingerprint density at radius 3 is 2.59 bits per heavy atom. The summed E-state index contributed by atoms with van der Waals surface area (Å²) >= 11 is 0. The molecule has 0 radical (unpaired) electrons. The fourth-order valence-electron chi connectivity index (χ4n) is 4.62. The number of hydrogen-bond acceptors (Lipinski definition) is 4. The molecule has 0 spiro atoms. The van der Waals surface area contributed by atoms with E-state index in [1.54, 1.807) is 21.7 Å². The van der Waals surface area contributed by atoms with Gasteiger partial charge in [-0.25, -0.2) is 14.5 Å². The summed E-state index contributed by atoms with van der Waals surface area (Å²) in [4.78, 5) is 30.9. The molecule has 2 aromatic rings. The van der Waals surface area contributed by atoms with Gasteiger partial charge in [-0.2, -0.15) is 5.10 Å². The number of carboxylic acids is 1. The molecule has 1 saturated carbocycles. The van der Waals surface area contributed by atoms with Gasteiger partial charge in [0, 0.05) is 17.9 Å². The highest BCUT2D eigenvalue weighted by molar-refractivity contribution is 5.97. The summed E-state index contributed by atoms with van der Waals surface area (Å²) in [5.74, 6) is -0.205. The first-order chi connectivity index (χ1) is 13.0. The van der Waals surface area contributed by atoms with Crippen LogP contribution in [-0.4, -0.2) is 48.7 Å². The fraction of sp³-hybridized carbons (Fsp3) is 0.500. The molecule has 1 N–H and O–H groups in total. The molecule has 3 atom stereocenters. The van der Waals surface area contributed by atoms with Crippen LogP contribution < -0.4 is 0 Å². The lowest BCUT2D eigenvalue weighted by molar-refractivity contribution is -0.141. The Labute approximate surface area is 158 Å². The highest BCUT2D eigenvalue weighted by Crippen LogP contribution is 2.40. The maximum atomic E-state index is 13.1. The number of fused-ring (bicyclic) bond motifs is 1. The minimum absolute atomic E-state index is 0.0306. The zero-order valence-electron chi connectivity index (χ0n) is 15.6. The largest absolute Gasteiger partial charge is 0.480 e. The third-order valence-corrected chi connectivity index (χ3v) is 5.83. The minimum atomic E-state index is -0.912. The molecule has 7 heteroatoms. The second kappa shape index (κ2) is 6.79. The number of carbonyl (C=O) groups is 2. The van der Waals surface area contributed by atoms with Gasteiger partial charge >= 0.3 is 5.97 Å². The van der Waals surface area contributed by atoms with Gasteiger partial charge in [0.1, 0.15) is 6.04 Å². The summed E-state index contributed by atoms with van der Waals surface area (Å²) in [6.07, 6.45) is 6.15. The van der Waals surface area contributed by atoms with Crippen LogP contribution in [0.3, 0.4) is 0 Å². The average Bonchev–Trinajstić information content (AvgIpc) is 3.21. The Hall–Kier alpha value is -2.70. The minimum Gasteiger partial charge on any atom is -0.480 e. The van der Waals surface area contributed by atoms with Gasteiger partial charge in [0.25, 0.3) is 5.91 Å². The molecule has 2 fully saturated rings. The second-order valence-electron chi connectivity index (χ2n) is 7.66. The quantitative estimate of drug-likeness (QED) is 0.900. The maximum Gasteiger partial charge on any atom is 0.326 e. The van der Waals surface area contributed by atoms with E-state index < -0.39 is 12.0 Å². The van der Waals surface area contributed by atoms with Gasteiger partial charge in [-0.3, -0.25) is 4.79 Å². The smallest absolute Gasteiger partial charge is 0.326 e. The van der Waals surface area contributed by atoms with E-state index in [0.29, 0.717) is 23.7 Å². The second-order valence-corrected chi connectivity index (χ2v) is 7.66. The lowest BCUT2D eigenvalue weighted by atomic mass is 9.84. The predicted molar refractivity (Wildman–Crippen MR) is 98.8 cm³/mol. The van der Waals surface area contributed by atoms with Crippen LogP contribution in [0.4, 0.5) is 0 Å². The molecule has 1 aliphatic heterocycles. The van der Waals surface area contributed by atoms with Gasteiger partial charge in [0.2, 0.25) is 0 Å². The third-order valence-electron chi connectivity index (χ3n) is 5.83. The SMILES string of the molecule is Cc1cc(C)n(-c2ccc(C(=O)N3[C@H](C(=O)O)C[C@H]4CCCC[C@@H]43)cn2)n1. The van der Waals surface area contributed by atoms with Crippen LogP contribution in [0.1, 0.15) is 53.8 Å². The number of aryl methyl sites for hydroxylation is 2. The first-order valence-electron chi connectivity index (χ1n) is 9.51. The number of rotatable bonds is 3. The average molecular weight is 368 g/mol. The van der Waals surface area contributed by atoms with Gasteiger partial charge < -0.3 is 10.0 Å². The van der Waals surface area contributed by atoms with Crippen LogP contribution in [0, 0.1) is 19.8 Å². The summed E-state index contributed by atoms with van der Waals surface area (Å²) in [5, 5.41) is 14.0. The molecule has 27 heavy (non-hydrogen) atoms. The first kappa shape index (κ1) is 17.7. The van der Waals surface area contributed by atoms with Crippen LogP contribution in [0.25, 0.3) is 5.82 Å². The molecule has 3 heterocycles. The highest BCUT2D eigenvalue weighted by Gasteiger charge is 2.47. The van der Waals surface area contributed by atoms with Gasteiger partial charge in [0.05, 0.1) is 11.3 Å².